The van der Waals surface area contributed by atoms with E-state index in [1.165, 1.54) is 0 Å². The molecule has 5 nitrogen and oxygen atoms in total. The zero-order chi connectivity index (χ0) is 19.0. The van der Waals surface area contributed by atoms with Crippen LogP contribution in [0.3, 0.4) is 0 Å². The number of nitrogens with zero attached hydrogens (tertiary/aromatic N) is 1. The number of rotatable bonds is 4. The maximum atomic E-state index is 10.7. The third-order valence-electron chi connectivity index (χ3n) is 4.65. The minimum Gasteiger partial charge on any atom is -0.507 e. The molecule has 136 valence electrons. The van der Waals surface area contributed by atoms with Gasteiger partial charge < -0.3 is 19.3 Å². The summed E-state index contributed by atoms with van der Waals surface area (Å²) in [5.41, 5.74) is 3.07. The summed E-state index contributed by atoms with van der Waals surface area (Å²) in [6, 6.07) is 16.7. The van der Waals surface area contributed by atoms with Crippen LogP contribution < -0.4 is 14.2 Å². The first kappa shape index (κ1) is 17.0. The molecule has 0 atom stereocenters. The molecule has 0 amide bonds. The van der Waals surface area contributed by atoms with Crippen LogP contribution in [-0.2, 0) is 0 Å². The fourth-order valence-corrected chi connectivity index (χ4v) is 3.44. The number of aromatic hydroxyl groups is 1. The smallest absolute Gasteiger partial charge is 0.134 e. The second kappa shape index (κ2) is 6.68. The number of benzene rings is 3. The zero-order valence-electron chi connectivity index (χ0n) is 15.3. The van der Waals surface area contributed by atoms with Crippen LogP contribution >= 0.6 is 0 Å². The SMILES string of the molecule is COc1cc(OC)c(-c2c3ccccc3nc3cccc(O)c23)c(OC)c1. The predicted octanol–water partition coefficient (Wildman–Crippen LogP) is 4.79. The normalized spacial score (nSPS) is 10.9. The van der Waals surface area contributed by atoms with Crippen LogP contribution in [0.25, 0.3) is 32.9 Å². The number of para-hydroxylation sites is 1. The van der Waals surface area contributed by atoms with Crippen molar-refractivity contribution in [3.63, 3.8) is 0 Å². The number of phenolic OH excluding ortho intramolecular Hbond substituents is 1. The summed E-state index contributed by atoms with van der Waals surface area (Å²) in [5.74, 6) is 1.96. The van der Waals surface area contributed by atoms with Gasteiger partial charge in [-0.05, 0) is 18.2 Å². The molecule has 4 rings (SSSR count). The number of hydrogen-bond acceptors (Lipinski definition) is 5. The largest absolute Gasteiger partial charge is 0.507 e. The molecule has 27 heavy (non-hydrogen) atoms. The van der Waals surface area contributed by atoms with Crippen molar-refractivity contribution < 1.29 is 19.3 Å². The third-order valence-corrected chi connectivity index (χ3v) is 4.65. The van der Waals surface area contributed by atoms with E-state index >= 15 is 0 Å². The fraction of sp³-hybridized carbons (Fsp3) is 0.136. The van der Waals surface area contributed by atoms with E-state index in [2.05, 4.69) is 0 Å². The van der Waals surface area contributed by atoms with Crippen molar-refractivity contribution in [3.05, 3.63) is 54.6 Å². The van der Waals surface area contributed by atoms with E-state index < -0.39 is 0 Å². The zero-order valence-corrected chi connectivity index (χ0v) is 15.3. The lowest BCUT2D eigenvalue weighted by molar-refractivity contribution is 0.377. The minimum atomic E-state index is 0.153. The third kappa shape index (κ3) is 2.68. The fourth-order valence-electron chi connectivity index (χ4n) is 3.44. The lowest BCUT2D eigenvalue weighted by Crippen LogP contribution is -1.97. The molecule has 0 unspecified atom stereocenters. The van der Waals surface area contributed by atoms with Crippen molar-refractivity contribution in [2.45, 2.75) is 0 Å². The van der Waals surface area contributed by atoms with Crippen LogP contribution in [-0.4, -0.2) is 31.4 Å². The van der Waals surface area contributed by atoms with Gasteiger partial charge in [-0.2, -0.15) is 0 Å². The molecular formula is C22H19NO4. The summed E-state index contributed by atoms with van der Waals surface area (Å²) < 4.78 is 16.7. The van der Waals surface area contributed by atoms with Crippen molar-refractivity contribution in [1.82, 2.24) is 4.98 Å². The number of aromatic nitrogens is 1. The van der Waals surface area contributed by atoms with Crippen LogP contribution in [0.5, 0.6) is 23.0 Å². The summed E-state index contributed by atoms with van der Waals surface area (Å²) in [4.78, 5) is 4.70. The van der Waals surface area contributed by atoms with E-state index in [1.54, 1.807) is 45.6 Å². The Bertz CT molecular complexity index is 1130. The van der Waals surface area contributed by atoms with Crippen LogP contribution in [0.4, 0.5) is 0 Å². The molecule has 3 aromatic carbocycles. The highest BCUT2D eigenvalue weighted by Gasteiger charge is 2.22. The number of fused-ring (bicyclic) bond motifs is 2. The van der Waals surface area contributed by atoms with E-state index in [-0.39, 0.29) is 5.75 Å². The number of pyridine rings is 1. The molecule has 0 saturated carbocycles. The Morgan fingerprint density at radius 3 is 2.07 bits per heavy atom. The van der Waals surface area contributed by atoms with Gasteiger partial charge in [0.25, 0.3) is 0 Å². The molecule has 4 aromatic rings. The summed E-state index contributed by atoms with van der Waals surface area (Å²) in [5, 5.41) is 12.2. The van der Waals surface area contributed by atoms with Crippen molar-refractivity contribution in [3.8, 4) is 34.1 Å². The molecule has 1 aromatic heterocycles. The highest BCUT2D eigenvalue weighted by atomic mass is 16.5. The van der Waals surface area contributed by atoms with Crippen LogP contribution in [0.15, 0.2) is 54.6 Å². The van der Waals surface area contributed by atoms with E-state index in [0.717, 1.165) is 22.0 Å². The van der Waals surface area contributed by atoms with Gasteiger partial charge in [0.2, 0.25) is 0 Å². The first-order valence-electron chi connectivity index (χ1n) is 8.48. The Kier molecular flexibility index (Phi) is 4.20. The lowest BCUT2D eigenvalue weighted by atomic mass is 9.94. The standard InChI is InChI=1S/C22H19NO4/c1-25-13-11-18(26-2)22(19(12-13)27-3)20-14-7-4-5-8-15(14)23-16-9-6-10-17(24)21(16)20/h4-12,24H,1-3H3. The summed E-state index contributed by atoms with van der Waals surface area (Å²) >= 11 is 0. The molecule has 0 saturated heterocycles. The number of phenols is 1. The molecule has 0 aliphatic carbocycles. The lowest BCUT2D eigenvalue weighted by Gasteiger charge is -2.18. The topological polar surface area (TPSA) is 60.8 Å². The molecule has 0 bridgehead atoms. The maximum Gasteiger partial charge on any atom is 0.134 e. The molecule has 0 spiro atoms. The van der Waals surface area contributed by atoms with E-state index in [0.29, 0.717) is 28.2 Å². The molecule has 5 heteroatoms. The van der Waals surface area contributed by atoms with Gasteiger partial charge in [0.1, 0.15) is 23.0 Å². The first-order chi connectivity index (χ1) is 13.2. The van der Waals surface area contributed by atoms with Crippen molar-refractivity contribution in [2.24, 2.45) is 0 Å². The molecule has 0 aliphatic rings. The number of ether oxygens (including phenoxy) is 3. The van der Waals surface area contributed by atoms with E-state index in [9.17, 15) is 5.11 Å². The average Bonchev–Trinajstić information content (AvgIpc) is 2.71. The van der Waals surface area contributed by atoms with Crippen LogP contribution in [0.1, 0.15) is 0 Å². The quantitative estimate of drug-likeness (QED) is 0.530. The van der Waals surface area contributed by atoms with Gasteiger partial charge in [0, 0.05) is 23.1 Å². The van der Waals surface area contributed by atoms with Crippen LogP contribution in [0, 0.1) is 0 Å². The second-order valence-electron chi connectivity index (χ2n) is 6.08. The molecule has 0 radical (unpaired) electrons. The maximum absolute atomic E-state index is 10.7. The average molecular weight is 361 g/mol. The van der Waals surface area contributed by atoms with Gasteiger partial charge in [0.05, 0.1) is 43.3 Å². The molecule has 1 N–H and O–H groups in total. The van der Waals surface area contributed by atoms with Gasteiger partial charge in [0.15, 0.2) is 0 Å². The Hall–Kier alpha value is -3.47. The molecular weight excluding hydrogens is 342 g/mol. The Labute approximate surface area is 156 Å². The van der Waals surface area contributed by atoms with E-state index in [4.69, 9.17) is 19.2 Å². The Morgan fingerprint density at radius 2 is 1.41 bits per heavy atom. The molecule has 0 aliphatic heterocycles. The van der Waals surface area contributed by atoms with E-state index in [1.807, 2.05) is 30.3 Å². The summed E-state index contributed by atoms with van der Waals surface area (Å²) in [6.07, 6.45) is 0. The molecule has 1 heterocycles. The van der Waals surface area contributed by atoms with Crippen LogP contribution in [0.2, 0.25) is 0 Å². The van der Waals surface area contributed by atoms with Crippen molar-refractivity contribution in [1.29, 1.82) is 0 Å². The van der Waals surface area contributed by atoms with Gasteiger partial charge >= 0.3 is 0 Å². The predicted molar refractivity (Wildman–Crippen MR) is 106 cm³/mol. The van der Waals surface area contributed by atoms with Gasteiger partial charge in [-0.15, -0.1) is 0 Å². The summed E-state index contributed by atoms with van der Waals surface area (Å²) in [7, 11) is 4.79. The first-order valence-corrected chi connectivity index (χ1v) is 8.48. The van der Waals surface area contributed by atoms with Gasteiger partial charge in [-0.25, -0.2) is 4.98 Å². The minimum absolute atomic E-state index is 0.153. The highest BCUT2D eigenvalue weighted by molar-refractivity contribution is 6.13. The Balaban J connectivity index is 2.24. The highest BCUT2D eigenvalue weighted by Crippen LogP contribution is 2.48. The number of methoxy groups -OCH3 is 3. The van der Waals surface area contributed by atoms with Crippen molar-refractivity contribution in [2.75, 3.05) is 21.3 Å². The summed E-state index contributed by atoms with van der Waals surface area (Å²) in [6.45, 7) is 0. The monoisotopic (exact) mass is 361 g/mol. The molecule has 0 fully saturated rings. The van der Waals surface area contributed by atoms with Gasteiger partial charge in [-0.1, -0.05) is 24.3 Å². The Morgan fingerprint density at radius 1 is 0.741 bits per heavy atom. The second-order valence-corrected chi connectivity index (χ2v) is 6.08. The number of hydrogen-bond donors (Lipinski definition) is 1. The van der Waals surface area contributed by atoms with Crippen molar-refractivity contribution >= 4 is 21.8 Å². The van der Waals surface area contributed by atoms with Gasteiger partial charge in [-0.3, -0.25) is 0 Å².